The van der Waals surface area contributed by atoms with Gasteiger partial charge in [0, 0.05) is 18.0 Å². The lowest BCUT2D eigenvalue weighted by molar-refractivity contribution is -0.155. The van der Waals surface area contributed by atoms with Crippen molar-refractivity contribution in [2.45, 2.75) is 51.5 Å². The van der Waals surface area contributed by atoms with E-state index >= 15 is 0 Å². The van der Waals surface area contributed by atoms with E-state index in [0.29, 0.717) is 19.4 Å². The van der Waals surface area contributed by atoms with Crippen molar-refractivity contribution >= 4 is 22.7 Å². The summed E-state index contributed by atoms with van der Waals surface area (Å²) in [6.07, 6.45) is -0.0809. The van der Waals surface area contributed by atoms with E-state index in [4.69, 9.17) is 4.74 Å². The minimum atomic E-state index is -1.33. The van der Waals surface area contributed by atoms with E-state index in [2.05, 4.69) is 16.4 Å². The van der Waals surface area contributed by atoms with Crippen LogP contribution in [-0.4, -0.2) is 46.1 Å². The summed E-state index contributed by atoms with van der Waals surface area (Å²) >= 11 is 0. The SMILES string of the molecule is CC(C)(C)OC(NC(=O)c1cc2c(F)cc(F)cc2[nH]1)C(=O)N1CCCC1C#N. The molecule has 9 heteroatoms. The molecule has 3 rings (SSSR count). The Kier molecular flexibility index (Phi) is 5.57. The number of fused-ring (bicyclic) bond motifs is 1. The number of amides is 2. The van der Waals surface area contributed by atoms with Gasteiger partial charge in [0.1, 0.15) is 23.4 Å². The van der Waals surface area contributed by atoms with E-state index in [0.717, 1.165) is 12.1 Å². The zero-order chi connectivity index (χ0) is 21.3. The molecule has 1 aliphatic rings. The Morgan fingerprint density at radius 1 is 1.34 bits per heavy atom. The highest BCUT2D eigenvalue weighted by Gasteiger charge is 2.36. The van der Waals surface area contributed by atoms with Crippen molar-refractivity contribution in [2.24, 2.45) is 0 Å². The first-order valence-electron chi connectivity index (χ1n) is 9.25. The number of hydrogen-bond acceptors (Lipinski definition) is 4. The monoisotopic (exact) mass is 404 g/mol. The van der Waals surface area contributed by atoms with Gasteiger partial charge in [0.05, 0.1) is 17.2 Å². The van der Waals surface area contributed by atoms with Crippen LogP contribution in [0.15, 0.2) is 18.2 Å². The molecule has 0 bridgehead atoms. The summed E-state index contributed by atoms with van der Waals surface area (Å²) in [6, 6.07) is 4.55. The molecule has 1 fully saturated rings. The number of aromatic amines is 1. The molecule has 0 spiro atoms. The molecule has 2 amide bonds. The van der Waals surface area contributed by atoms with Crippen LogP contribution >= 0.6 is 0 Å². The third-order valence-electron chi connectivity index (χ3n) is 4.54. The zero-order valence-electron chi connectivity index (χ0n) is 16.4. The fourth-order valence-corrected chi connectivity index (χ4v) is 3.29. The predicted octanol–water partition coefficient (Wildman–Crippen LogP) is 2.83. The van der Waals surface area contributed by atoms with Crippen molar-refractivity contribution in [1.29, 1.82) is 5.26 Å². The van der Waals surface area contributed by atoms with Crippen LogP contribution in [0.25, 0.3) is 10.9 Å². The molecule has 2 heterocycles. The van der Waals surface area contributed by atoms with Crippen molar-refractivity contribution in [3.63, 3.8) is 0 Å². The van der Waals surface area contributed by atoms with Crippen LogP contribution in [0.4, 0.5) is 8.78 Å². The smallest absolute Gasteiger partial charge is 0.273 e. The lowest BCUT2D eigenvalue weighted by atomic mass is 10.2. The molecule has 1 aliphatic heterocycles. The summed E-state index contributed by atoms with van der Waals surface area (Å²) in [5.41, 5.74) is -0.681. The molecule has 2 aromatic rings. The Hall–Kier alpha value is -2.99. The van der Waals surface area contributed by atoms with Gasteiger partial charge in [-0.1, -0.05) is 0 Å². The molecular formula is C20H22F2N4O3. The Balaban J connectivity index is 1.85. The predicted molar refractivity (Wildman–Crippen MR) is 101 cm³/mol. The van der Waals surface area contributed by atoms with Crippen LogP contribution in [-0.2, 0) is 9.53 Å². The minimum Gasteiger partial charge on any atom is -0.350 e. The largest absolute Gasteiger partial charge is 0.350 e. The molecule has 0 aliphatic carbocycles. The van der Waals surface area contributed by atoms with E-state index < -0.39 is 41.3 Å². The number of aromatic nitrogens is 1. The number of nitriles is 1. The fraction of sp³-hybridized carbons (Fsp3) is 0.450. The van der Waals surface area contributed by atoms with Gasteiger partial charge in [-0.05, 0) is 45.7 Å². The molecule has 2 atom stereocenters. The summed E-state index contributed by atoms with van der Waals surface area (Å²) < 4.78 is 33.0. The Bertz CT molecular complexity index is 990. The molecule has 2 unspecified atom stereocenters. The van der Waals surface area contributed by atoms with Crippen LogP contribution in [0, 0.1) is 23.0 Å². The third kappa shape index (κ3) is 4.54. The number of carbonyl (C=O) groups is 2. The van der Waals surface area contributed by atoms with Crippen molar-refractivity contribution in [2.75, 3.05) is 6.54 Å². The highest BCUT2D eigenvalue weighted by Crippen LogP contribution is 2.22. The number of ether oxygens (including phenoxy) is 1. The minimum absolute atomic E-state index is 0.0435. The quantitative estimate of drug-likeness (QED) is 0.766. The van der Waals surface area contributed by atoms with Crippen molar-refractivity contribution < 1.29 is 23.1 Å². The first-order chi connectivity index (χ1) is 13.6. The summed E-state index contributed by atoms with van der Waals surface area (Å²) in [5.74, 6) is -2.81. The number of benzene rings is 1. The van der Waals surface area contributed by atoms with Gasteiger partial charge in [0.25, 0.3) is 11.8 Å². The van der Waals surface area contributed by atoms with Crippen LogP contribution < -0.4 is 5.32 Å². The number of nitrogens with zero attached hydrogens (tertiary/aromatic N) is 2. The molecule has 1 saturated heterocycles. The number of likely N-dealkylation sites (tertiary alicyclic amines) is 1. The maximum Gasteiger partial charge on any atom is 0.273 e. The number of nitrogens with one attached hydrogen (secondary N) is 2. The van der Waals surface area contributed by atoms with Crippen molar-refractivity contribution in [1.82, 2.24) is 15.2 Å². The molecule has 1 aromatic heterocycles. The maximum atomic E-state index is 13.9. The summed E-state index contributed by atoms with van der Waals surface area (Å²) in [7, 11) is 0. The van der Waals surface area contributed by atoms with E-state index in [1.807, 2.05) is 0 Å². The molecule has 7 nitrogen and oxygen atoms in total. The third-order valence-corrected chi connectivity index (χ3v) is 4.54. The van der Waals surface area contributed by atoms with Crippen LogP contribution in [0.3, 0.4) is 0 Å². The second kappa shape index (κ2) is 7.79. The number of hydrogen-bond donors (Lipinski definition) is 2. The molecule has 2 N–H and O–H groups in total. The van der Waals surface area contributed by atoms with Crippen LogP contribution in [0.2, 0.25) is 0 Å². The second-order valence-corrected chi connectivity index (χ2v) is 7.93. The summed E-state index contributed by atoms with van der Waals surface area (Å²) in [5, 5.41) is 11.8. The second-order valence-electron chi connectivity index (χ2n) is 7.93. The fourth-order valence-electron chi connectivity index (χ4n) is 3.29. The molecule has 154 valence electrons. The molecule has 0 radical (unpaired) electrons. The Morgan fingerprint density at radius 3 is 2.72 bits per heavy atom. The average molecular weight is 404 g/mol. The number of halogens is 2. The van der Waals surface area contributed by atoms with Gasteiger partial charge in [-0.25, -0.2) is 8.78 Å². The van der Waals surface area contributed by atoms with Gasteiger partial charge in [-0.15, -0.1) is 0 Å². The number of rotatable bonds is 4. The van der Waals surface area contributed by atoms with Gasteiger partial charge in [-0.3, -0.25) is 9.59 Å². The van der Waals surface area contributed by atoms with E-state index in [9.17, 15) is 23.6 Å². The van der Waals surface area contributed by atoms with Crippen LogP contribution in [0.1, 0.15) is 44.1 Å². The highest BCUT2D eigenvalue weighted by molar-refractivity contribution is 6.00. The van der Waals surface area contributed by atoms with Gasteiger partial charge < -0.3 is 19.9 Å². The molecule has 1 aromatic carbocycles. The topological polar surface area (TPSA) is 98.2 Å². The number of carbonyl (C=O) groups excluding carboxylic acids is 2. The standard InChI is InChI=1S/C20H22F2N4O3/c1-20(2,3)29-18(19(28)26-6-4-5-12(26)10-23)25-17(27)16-9-13-14(22)7-11(21)8-15(13)24-16/h7-9,12,18,24H,4-6H2,1-3H3,(H,25,27). The lowest BCUT2D eigenvalue weighted by Crippen LogP contribution is -2.53. The zero-order valence-corrected chi connectivity index (χ0v) is 16.4. The van der Waals surface area contributed by atoms with Gasteiger partial charge in [0.15, 0.2) is 0 Å². The first kappa shape index (κ1) is 20.7. The normalized spacial score (nSPS) is 17.9. The first-order valence-corrected chi connectivity index (χ1v) is 9.25. The van der Waals surface area contributed by atoms with E-state index in [-0.39, 0.29) is 16.6 Å². The van der Waals surface area contributed by atoms with Crippen molar-refractivity contribution in [3.8, 4) is 6.07 Å². The average Bonchev–Trinajstić information content (AvgIpc) is 3.25. The molecule has 29 heavy (non-hydrogen) atoms. The summed E-state index contributed by atoms with van der Waals surface area (Å²) in [4.78, 5) is 29.7. The number of H-pyrrole nitrogens is 1. The van der Waals surface area contributed by atoms with Crippen LogP contribution in [0.5, 0.6) is 0 Å². The van der Waals surface area contributed by atoms with E-state index in [1.165, 1.54) is 11.0 Å². The van der Waals surface area contributed by atoms with Crippen molar-refractivity contribution in [3.05, 3.63) is 35.5 Å². The van der Waals surface area contributed by atoms with Gasteiger partial charge >= 0.3 is 0 Å². The molecule has 0 saturated carbocycles. The molecular weight excluding hydrogens is 382 g/mol. The Labute approximate surface area is 166 Å². The lowest BCUT2D eigenvalue weighted by Gasteiger charge is -2.31. The maximum absolute atomic E-state index is 13.9. The van der Waals surface area contributed by atoms with Gasteiger partial charge in [0.2, 0.25) is 6.23 Å². The van der Waals surface area contributed by atoms with E-state index in [1.54, 1.807) is 20.8 Å². The highest BCUT2D eigenvalue weighted by atomic mass is 19.1. The Morgan fingerprint density at radius 2 is 2.07 bits per heavy atom. The van der Waals surface area contributed by atoms with Gasteiger partial charge in [-0.2, -0.15) is 5.26 Å². The summed E-state index contributed by atoms with van der Waals surface area (Å²) in [6.45, 7) is 5.58.